The van der Waals surface area contributed by atoms with Gasteiger partial charge in [-0.3, -0.25) is 4.79 Å². The average Bonchev–Trinajstić information content (AvgIpc) is 3.07. The minimum Gasteiger partial charge on any atom is -0.347 e. The van der Waals surface area contributed by atoms with Crippen molar-refractivity contribution in [2.45, 2.75) is 39.7 Å². The molecular formula is C20H22FN5O. The van der Waals surface area contributed by atoms with Gasteiger partial charge in [0.25, 0.3) is 5.91 Å². The lowest BCUT2D eigenvalue weighted by molar-refractivity contribution is 0.0911. The molecule has 6 nitrogen and oxygen atoms in total. The highest BCUT2D eigenvalue weighted by atomic mass is 19.1. The van der Waals surface area contributed by atoms with Crippen LogP contribution < -0.4 is 5.32 Å². The van der Waals surface area contributed by atoms with E-state index in [4.69, 9.17) is 0 Å². The predicted molar refractivity (Wildman–Crippen MR) is 101 cm³/mol. The molecule has 1 heterocycles. The number of amides is 1. The lowest BCUT2D eigenvalue weighted by Crippen LogP contribution is -2.42. The molecule has 3 aromatic rings. The van der Waals surface area contributed by atoms with Crippen molar-refractivity contribution in [3.8, 4) is 16.8 Å². The Hall–Kier alpha value is -3.09. The molecule has 1 N–H and O–H groups in total. The highest BCUT2D eigenvalue weighted by molar-refractivity contribution is 5.96. The Kier molecular flexibility index (Phi) is 5.03. The van der Waals surface area contributed by atoms with Crippen LogP contribution in [-0.4, -0.2) is 31.7 Å². The van der Waals surface area contributed by atoms with Crippen molar-refractivity contribution in [2.75, 3.05) is 0 Å². The number of tetrazole rings is 1. The number of nitrogens with zero attached hydrogens (tertiary/aromatic N) is 4. The van der Waals surface area contributed by atoms with Gasteiger partial charge >= 0.3 is 0 Å². The van der Waals surface area contributed by atoms with Gasteiger partial charge in [-0.15, -0.1) is 5.10 Å². The number of nitrogens with one attached hydrogen (secondary N) is 1. The van der Waals surface area contributed by atoms with E-state index in [0.717, 1.165) is 17.5 Å². The predicted octanol–water partition coefficient (Wildman–Crippen LogP) is 3.70. The second-order valence-corrected chi connectivity index (χ2v) is 7.10. The molecular weight excluding hydrogens is 345 g/mol. The molecule has 0 atom stereocenters. The lowest BCUT2D eigenvalue weighted by atomic mass is 9.99. The average molecular weight is 367 g/mol. The van der Waals surface area contributed by atoms with E-state index in [-0.39, 0.29) is 17.3 Å². The first kappa shape index (κ1) is 18.7. The summed E-state index contributed by atoms with van der Waals surface area (Å²) in [6, 6.07) is 11.6. The van der Waals surface area contributed by atoms with E-state index in [0.29, 0.717) is 17.1 Å². The summed E-state index contributed by atoms with van der Waals surface area (Å²) in [4.78, 5) is 12.8. The Morgan fingerprint density at radius 3 is 2.44 bits per heavy atom. The van der Waals surface area contributed by atoms with Gasteiger partial charge in [0.15, 0.2) is 5.82 Å². The van der Waals surface area contributed by atoms with Crippen LogP contribution in [0.25, 0.3) is 16.8 Å². The van der Waals surface area contributed by atoms with Gasteiger partial charge in [0.05, 0.1) is 5.69 Å². The van der Waals surface area contributed by atoms with Gasteiger partial charge in [0.1, 0.15) is 5.82 Å². The van der Waals surface area contributed by atoms with Crippen molar-refractivity contribution >= 4 is 5.91 Å². The summed E-state index contributed by atoms with van der Waals surface area (Å²) in [5, 5.41) is 14.6. The van der Waals surface area contributed by atoms with Crippen LogP contribution >= 0.6 is 0 Å². The zero-order chi connectivity index (χ0) is 19.6. The Bertz CT molecular complexity index is 963. The molecule has 0 saturated heterocycles. The fraction of sp³-hybridized carbons (Fsp3) is 0.300. The number of carbonyl (C=O) groups is 1. The zero-order valence-electron chi connectivity index (χ0n) is 15.8. The summed E-state index contributed by atoms with van der Waals surface area (Å²) in [7, 11) is 0. The first-order valence-electron chi connectivity index (χ1n) is 8.78. The summed E-state index contributed by atoms with van der Waals surface area (Å²) in [6.07, 6.45) is 0.801. The van der Waals surface area contributed by atoms with Gasteiger partial charge in [-0.25, -0.2) is 4.39 Å². The third kappa shape index (κ3) is 4.19. The normalized spacial score (nSPS) is 11.4. The lowest BCUT2D eigenvalue weighted by Gasteiger charge is -2.24. The molecule has 0 bridgehead atoms. The van der Waals surface area contributed by atoms with E-state index >= 15 is 0 Å². The number of halogens is 1. The number of benzene rings is 2. The number of carbonyl (C=O) groups excluding carboxylic acids is 1. The number of aryl methyl sites for hydroxylation is 1. The van der Waals surface area contributed by atoms with Crippen LogP contribution in [0.1, 0.15) is 43.4 Å². The van der Waals surface area contributed by atoms with Crippen molar-refractivity contribution in [1.29, 1.82) is 0 Å². The van der Waals surface area contributed by atoms with Crippen LogP contribution in [0.4, 0.5) is 4.39 Å². The molecule has 1 aromatic heterocycles. The molecule has 0 saturated carbocycles. The molecule has 0 spiro atoms. The highest BCUT2D eigenvalue weighted by Crippen LogP contribution is 2.25. The Labute approximate surface area is 157 Å². The Morgan fingerprint density at radius 1 is 1.15 bits per heavy atom. The molecule has 0 unspecified atom stereocenters. The summed E-state index contributed by atoms with van der Waals surface area (Å²) < 4.78 is 14.9. The van der Waals surface area contributed by atoms with Gasteiger partial charge in [-0.2, -0.15) is 4.68 Å². The number of aromatic nitrogens is 4. The minimum absolute atomic E-state index is 0.183. The SMILES string of the molecule is CCC(C)(C)NC(=O)c1cc(-c2ccc(F)cc2)cc(-n2nnnc2C)c1. The maximum atomic E-state index is 13.3. The van der Waals surface area contributed by atoms with Crippen LogP contribution in [-0.2, 0) is 0 Å². The summed E-state index contributed by atoms with van der Waals surface area (Å²) >= 11 is 0. The molecule has 140 valence electrons. The van der Waals surface area contributed by atoms with E-state index in [1.807, 2.05) is 26.8 Å². The topological polar surface area (TPSA) is 72.7 Å². The van der Waals surface area contributed by atoms with Crippen LogP contribution in [0.2, 0.25) is 0 Å². The van der Waals surface area contributed by atoms with Crippen molar-refractivity contribution in [1.82, 2.24) is 25.5 Å². The van der Waals surface area contributed by atoms with Crippen molar-refractivity contribution in [3.63, 3.8) is 0 Å². The molecule has 1 amide bonds. The maximum Gasteiger partial charge on any atom is 0.251 e. The standard InChI is InChI=1S/C20H22FN5O/c1-5-20(3,4)22-19(27)16-10-15(14-6-8-17(21)9-7-14)11-18(12-16)26-13(2)23-24-25-26/h6-12H,5H2,1-4H3,(H,22,27). The Morgan fingerprint density at radius 2 is 1.85 bits per heavy atom. The summed E-state index contributed by atoms with van der Waals surface area (Å²) in [5.74, 6) is 0.109. The molecule has 0 aliphatic heterocycles. The molecule has 2 aromatic carbocycles. The second kappa shape index (κ2) is 7.26. The second-order valence-electron chi connectivity index (χ2n) is 7.10. The minimum atomic E-state index is -0.326. The van der Waals surface area contributed by atoms with Gasteiger partial charge in [0, 0.05) is 11.1 Å². The van der Waals surface area contributed by atoms with Gasteiger partial charge in [-0.05, 0) is 79.1 Å². The fourth-order valence-electron chi connectivity index (χ4n) is 2.61. The first-order valence-corrected chi connectivity index (χ1v) is 8.78. The first-order chi connectivity index (χ1) is 12.8. The van der Waals surface area contributed by atoms with Crippen LogP contribution in [0.5, 0.6) is 0 Å². The maximum absolute atomic E-state index is 13.3. The highest BCUT2D eigenvalue weighted by Gasteiger charge is 2.20. The van der Waals surface area contributed by atoms with E-state index in [1.165, 1.54) is 12.1 Å². The van der Waals surface area contributed by atoms with Gasteiger partial charge in [0.2, 0.25) is 0 Å². The van der Waals surface area contributed by atoms with Gasteiger partial charge < -0.3 is 5.32 Å². The van der Waals surface area contributed by atoms with Crippen molar-refractivity contribution in [2.24, 2.45) is 0 Å². The molecule has 27 heavy (non-hydrogen) atoms. The third-order valence-electron chi connectivity index (χ3n) is 4.56. The van der Waals surface area contributed by atoms with E-state index in [2.05, 4.69) is 20.8 Å². The van der Waals surface area contributed by atoms with Crippen molar-refractivity contribution < 1.29 is 9.18 Å². The van der Waals surface area contributed by atoms with E-state index < -0.39 is 0 Å². The number of hydrogen-bond donors (Lipinski definition) is 1. The largest absolute Gasteiger partial charge is 0.347 e. The summed E-state index contributed by atoms with van der Waals surface area (Å²) in [5.41, 5.74) is 2.41. The molecule has 3 rings (SSSR count). The van der Waals surface area contributed by atoms with Crippen LogP contribution in [0.15, 0.2) is 42.5 Å². The van der Waals surface area contributed by atoms with Crippen LogP contribution in [0, 0.1) is 12.7 Å². The fourth-order valence-corrected chi connectivity index (χ4v) is 2.61. The molecule has 0 aliphatic rings. The van der Waals surface area contributed by atoms with E-state index in [9.17, 15) is 9.18 Å². The van der Waals surface area contributed by atoms with E-state index in [1.54, 1.807) is 35.9 Å². The molecule has 0 fully saturated rings. The molecule has 0 aliphatic carbocycles. The van der Waals surface area contributed by atoms with Crippen molar-refractivity contribution in [3.05, 3.63) is 59.7 Å². The monoisotopic (exact) mass is 367 g/mol. The quantitative estimate of drug-likeness (QED) is 0.746. The Balaban J connectivity index is 2.10. The smallest absolute Gasteiger partial charge is 0.251 e. The third-order valence-corrected chi connectivity index (χ3v) is 4.56. The van der Waals surface area contributed by atoms with Gasteiger partial charge in [-0.1, -0.05) is 19.1 Å². The molecule has 7 heteroatoms. The zero-order valence-corrected chi connectivity index (χ0v) is 15.8. The number of rotatable bonds is 5. The van der Waals surface area contributed by atoms with Crippen LogP contribution in [0.3, 0.4) is 0 Å². The number of hydrogen-bond acceptors (Lipinski definition) is 4. The summed E-state index contributed by atoms with van der Waals surface area (Å²) in [6.45, 7) is 7.75. The molecule has 0 radical (unpaired) electrons.